The number of hydrogen-bond donors (Lipinski definition) is 2. The molecule has 3 N–H and O–H groups in total. The fraction of sp³-hybridized carbons (Fsp3) is 0.429. The van der Waals surface area contributed by atoms with E-state index in [-0.39, 0.29) is 6.04 Å². The molecule has 0 unspecified atom stereocenters. The Balaban J connectivity index is 1.46. The third-order valence-electron chi connectivity index (χ3n) is 6.17. The molecule has 28 heavy (non-hydrogen) atoms. The molecule has 4 heterocycles. The fourth-order valence-electron chi connectivity index (χ4n) is 4.60. The van der Waals surface area contributed by atoms with E-state index in [1.165, 1.54) is 16.8 Å². The molecule has 0 saturated carbocycles. The van der Waals surface area contributed by atoms with Gasteiger partial charge in [-0.1, -0.05) is 13.0 Å². The number of fused-ring (bicyclic) bond motifs is 2. The van der Waals surface area contributed by atoms with Gasteiger partial charge >= 0.3 is 0 Å². The number of nitrogens with two attached hydrogens (primary N) is 1. The summed E-state index contributed by atoms with van der Waals surface area (Å²) in [5.41, 5.74) is 12.0. The first-order valence-electron chi connectivity index (χ1n) is 9.84. The Morgan fingerprint density at radius 2 is 2.00 bits per heavy atom. The second-order valence-electron chi connectivity index (χ2n) is 8.14. The lowest BCUT2D eigenvalue weighted by molar-refractivity contribution is 0.180. The van der Waals surface area contributed by atoms with Crippen LogP contribution in [0.1, 0.15) is 24.0 Å². The molecule has 2 aliphatic heterocycles. The highest BCUT2D eigenvalue weighted by atomic mass is 16.3. The van der Waals surface area contributed by atoms with E-state index in [2.05, 4.69) is 51.1 Å². The van der Waals surface area contributed by atoms with Crippen LogP contribution in [0.25, 0.3) is 11.0 Å². The van der Waals surface area contributed by atoms with Gasteiger partial charge in [0.1, 0.15) is 0 Å². The highest BCUT2D eigenvalue weighted by Gasteiger charge is 2.30. The average Bonchev–Trinajstić information content (AvgIpc) is 3.24. The topological polar surface area (TPSA) is 83.4 Å². The van der Waals surface area contributed by atoms with Gasteiger partial charge in [-0.2, -0.15) is 5.10 Å². The van der Waals surface area contributed by atoms with Gasteiger partial charge in [0.05, 0.1) is 23.4 Å². The van der Waals surface area contributed by atoms with Crippen LogP contribution in [-0.4, -0.2) is 51.7 Å². The van der Waals surface area contributed by atoms with Crippen LogP contribution in [0.2, 0.25) is 0 Å². The lowest BCUT2D eigenvalue weighted by Crippen LogP contribution is -2.33. The number of pyridine rings is 1. The summed E-state index contributed by atoms with van der Waals surface area (Å²) in [6.45, 7) is 5.41. The second kappa shape index (κ2) is 6.46. The summed E-state index contributed by atoms with van der Waals surface area (Å²) >= 11 is 0. The Hall–Kier alpha value is -2.64. The number of aliphatic hydroxyl groups excluding tert-OH is 1. The molecule has 2 aliphatic rings. The van der Waals surface area contributed by atoms with Crippen LogP contribution in [0.15, 0.2) is 36.7 Å². The van der Waals surface area contributed by atoms with Crippen molar-refractivity contribution in [3.05, 3.63) is 47.8 Å². The molecule has 146 valence electrons. The van der Waals surface area contributed by atoms with Gasteiger partial charge in [0, 0.05) is 51.2 Å². The van der Waals surface area contributed by atoms with E-state index in [0.29, 0.717) is 19.0 Å². The van der Waals surface area contributed by atoms with Gasteiger partial charge in [-0.25, -0.2) is 4.98 Å². The van der Waals surface area contributed by atoms with Crippen LogP contribution in [0.3, 0.4) is 0 Å². The van der Waals surface area contributed by atoms with Crippen molar-refractivity contribution in [1.82, 2.24) is 14.8 Å². The van der Waals surface area contributed by atoms with E-state index in [9.17, 15) is 5.11 Å². The Labute approximate surface area is 164 Å². The van der Waals surface area contributed by atoms with Gasteiger partial charge in [-0.3, -0.25) is 4.68 Å². The van der Waals surface area contributed by atoms with Crippen molar-refractivity contribution in [2.75, 3.05) is 29.4 Å². The van der Waals surface area contributed by atoms with Crippen LogP contribution in [0.5, 0.6) is 0 Å². The maximum Gasteiger partial charge on any atom is 0.159 e. The number of aryl methyl sites for hydroxylation is 1. The molecule has 0 spiro atoms. The minimum Gasteiger partial charge on any atom is -0.390 e. The first-order valence-corrected chi connectivity index (χ1v) is 9.84. The maximum atomic E-state index is 9.98. The molecule has 1 saturated heterocycles. The average molecular weight is 378 g/mol. The molecule has 0 bridgehead atoms. The molecular weight excluding hydrogens is 352 g/mol. The predicted molar refractivity (Wildman–Crippen MR) is 111 cm³/mol. The zero-order valence-corrected chi connectivity index (χ0v) is 16.3. The van der Waals surface area contributed by atoms with Crippen molar-refractivity contribution in [2.45, 2.75) is 31.5 Å². The Bertz CT molecular complexity index is 1020. The lowest BCUT2D eigenvalue weighted by atomic mass is 9.90. The first-order chi connectivity index (χ1) is 13.5. The largest absolute Gasteiger partial charge is 0.390 e. The van der Waals surface area contributed by atoms with E-state index in [0.717, 1.165) is 29.8 Å². The summed E-state index contributed by atoms with van der Waals surface area (Å²) < 4.78 is 1.82. The van der Waals surface area contributed by atoms with E-state index in [1.54, 1.807) is 0 Å². The van der Waals surface area contributed by atoms with Crippen molar-refractivity contribution < 1.29 is 5.11 Å². The molecule has 7 heteroatoms. The molecule has 5 rings (SSSR count). The fourth-order valence-corrected chi connectivity index (χ4v) is 4.60. The summed E-state index contributed by atoms with van der Waals surface area (Å²) in [6.07, 6.45) is 3.32. The van der Waals surface area contributed by atoms with Crippen molar-refractivity contribution in [1.29, 1.82) is 0 Å². The van der Waals surface area contributed by atoms with E-state index >= 15 is 0 Å². The number of hydrogen-bond acceptors (Lipinski definition) is 6. The van der Waals surface area contributed by atoms with Crippen LogP contribution in [0.4, 0.5) is 11.4 Å². The Morgan fingerprint density at radius 1 is 1.14 bits per heavy atom. The minimum absolute atomic E-state index is 0.169. The van der Waals surface area contributed by atoms with Gasteiger partial charge < -0.3 is 20.6 Å². The van der Waals surface area contributed by atoms with E-state index in [1.807, 2.05) is 24.1 Å². The minimum atomic E-state index is -0.447. The third-order valence-corrected chi connectivity index (χ3v) is 6.17. The summed E-state index contributed by atoms with van der Waals surface area (Å²) in [5.74, 6) is 0.407. The molecule has 2 aromatic heterocycles. The molecule has 7 nitrogen and oxygen atoms in total. The van der Waals surface area contributed by atoms with Gasteiger partial charge in [-0.05, 0) is 35.2 Å². The van der Waals surface area contributed by atoms with Gasteiger partial charge in [-0.15, -0.1) is 0 Å². The molecule has 0 amide bonds. The van der Waals surface area contributed by atoms with Gasteiger partial charge in [0.15, 0.2) is 5.65 Å². The lowest BCUT2D eigenvalue weighted by Gasteiger charge is -2.35. The van der Waals surface area contributed by atoms with E-state index in [4.69, 9.17) is 5.73 Å². The normalized spacial score (nSPS) is 24.8. The Kier molecular flexibility index (Phi) is 4.03. The zero-order chi connectivity index (χ0) is 19.4. The number of aliphatic hydroxyl groups is 1. The van der Waals surface area contributed by atoms with Crippen molar-refractivity contribution in [3.8, 4) is 0 Å². The second-order valence-corrected chi connectivity index (χ2v) is 8.14. The van der Waals surface area contributed by atoms with Crippen molar-refractivity contribution >= 4 is 22.4 Å². The highest BCUT2D eigenvalue weighted by Crippen LogP contribution is 2.36. The molecular formula is C21H26N6O. The molecule has 0 radical (unpaired) electrons. The summed E-state index contributed by atoms with van der Waals surface area (Å²) in [5, 5.41) is 15.5. The number of anilines is 2. The van der Waals surface area contributed by atoms with Gasteiger partial charge in [0.25, 0.3) is 0 Å². The Morgan fingerprint density at radius 3 is 2.79 bits per heavy atom. The van der Waals surface area contributed by atoms with Gasteiger partial charge in [0.2, 0.25) is 0 Å². The van der Waals surface area contributed by atoms with Crippen LogP contribution < -0.4 is 15.5 Å². The number of benzene rings is 1. The first kappa shape index (κ1) is 17.5. The monoisotopic (exact) mass is 378 g/mol. The standard InChI is InChI=1S/C21H26N6O/c1-13-9-27(19-5-6-23-21-17(19)8-24-25(21)2)10-14-3-4-15(7-16(13)14)26-11-18(22)20(28)12-26/h3-8,13,18,20,28H,9-12,22H2,1-2H3/t13-,18+,20+/m0/s1. The number of aromatic nitrogens is 3. The van der Waals surface area contributed by atoms with Crippen LogP contribution >= 0.6 is 0 Å². The summed E-state index contributed by atoms with van der Waals surface area (Å²) in [6, 6.07) is 8.59. The smallest absolute Gasteiger partial charge is 0.159 e. The van der Waals surface area contributed by atoms with Crippen LogP contribution in [-0.2, 0) is 13.6 Å². The SMILES string of the molecule is C[C@H]1CN(c2ccnc3c2cnn3C)Cc2ccc(N3C[C@@H](N)[C@H](O)C3)cc21. The van der Waals surface area contributed by atoms with E-state index < -0.39 is 6.10 Å². The molecule has 3 aromatic rings. The third kappa shape index (κ3) is 2.73. The number of nitrogens with zero attached hydrogens (tertiary/aromatic N) is 5. The number of β-amino-alcohol motifs (C(OH)–C–C–N with tert-alkyl or cyclic N) is 1. The molecule has 1 fully saturated rings. The predicted octanol–water partition coefficient (Wildman–Crippen LogP) is 1.60. The summed E-state index contributed by atoms with van der Waals surface area (Å²) in [7, 11) is 1.93. The molecule has 1 aromatic carbocycles. The number of rotatable bonds is 2. The zero-order valence-electron chi connectivity index (χ0n) is 16.3. The summed E-state index contributed by atoms with van der Waals surface area (Å²) in [4.78, 5) is 9.08. The highest BCUT2D eigenvalue weighted by molar-refractivity contribution is 5.89. The van der Waals surface area contributed by atoms with Crippen LogP contribution in [0, 0.1) is 0 Å². The molecule has 3 atom stereocenters. The maximum absolute atomic E-state index is 9.98. The van der Waals surface area contributed by atoms with Crippen molar-refractivity contribution in [3.63, 3.8) is 0 Å². The quantitative estimate of drug-likeness (QED) is 0.705. The van der Waals surface area contributed by atoms with Crippen molar-refractivity contribution in [2.24, 2.45) is 12.8 Å². The molecule has 0 aliphatic carbocycles.